The number of hydrogen-bond acceptors (Lipinski definition) is 2. The summed E-state index contributed by atoms with van der Waals surface area (Å²) in [6.07, 6.45) is 3.22. The molecule has 0 aliphatic carbocycles. The van der Waals surface area contributed by atoms with Gasteiger partial charge in [-0.05, 0) is 0 Å². The summed E-state index contributed by atoms with van der Waals surface area (Å²) >= 11 is 0. The summed E-state index contributed by atoms with van der Waals surface area (Å²) in [6.45, 7) is 5.65. The molecule has 75 valence electrons. The average molecular weight is 259 g/mol. The van der Waals surface area contributed by atoms with E-state index in [1.165, 1.54) is 0 Å². The fourth-order valence-electron chi connectivity index (χ4n) is 0.917. The van der Waals surface area contributed by atoms with E-state index in [1.54, 1.807) is 0 Å². The smallest absolute Gasteiger partial charge is 0.133 e. The quantitative estimate of drug-likeness (QED) is 0.710. The molecule has 1 radical (unpaired) electrons. The maximum Gasteiger partial charge on any atom is 0.133 e. The molecular formula is C10H18O2Y-2. The molecule has 0 unspecified atom stereocenters. The Kier molecular flexibility index (Phi) is 13.2. The van der Waals surface area contributed by atoms with E-state index in [0.717, 1.165) is 0 Å². The molecule has 3 heteroatoms. The van der Waals surface area contributed by atoms with Crippen LogP contribution in [0.25, 0.3) is 0 Å². The van der Waals surface area contributed by atoms with Crippen LogP contribution in [0.2, 0.25) is 0 Å². The van der Waals surface area contributed by atoms with Gasteiger partial charge >= 0.3 is 0 Å². The molecular weight excluding hydrogens is 241 g/mol. The fourth-order valence-corrected chi connectivity index (χ4v) is 0.917. The molecule has 0 saturated heterocycles. The third-order valence-corrected chi connectivity index (χ3v) is 1.62. The maximum atomic E-state index is 11.0. The van der Waals surface area contributed by atoms with Gasteiger partial charge in [0.15, 0.2) is 0 Å². The summed E-state index contributed by atoms with van der Waals surface area (Å²) in [5, 5.41) is 0. The molecule has 0 atom stereocenters. The minimum absolute atomic E-state index is 0. The van der Waals surface area contributed by atoms with Crippen molar-refractivity contribution in [1.29, 1.82) is 0 Å². The molecule has 0 amide bonds. The van der Waals surface area contributed by atoms with Crippen molar-refractivity contribution in [2.24, 2.45) is 5.41 Å². The van der Waals surface area contributed by atoms with E-state index in [0.29, 0.717) is 19.3 Å². The number of carbonyl (C=O) groups is 1. The van der Waals surface area contributed by atoms with Crippen LogP contribution in [-0.2, 0) is 42.3 Å². The van der Waals surface area contributed by atoms with E-state index in [2.05, 4.69) is 0 Å². The van der Waals surface area contributed by atoms with E-state index in [4.69, 9.17) is 0 Å². The molecule has 0 saturated carbocycles. The second kappa shape index (κ2) is 9.02. The molecule has 0 spiro atoms. The Morgan fingerprint density at radius 3 is 2.15 bits per heavy atom. The Morgan fingerprint density at radius 2 is 1.85 bits per heavy atom. The molecule has 0 heterocycles. The Hall–Kier alpha value is 0.444. The fraction of sp³-hybridized carbons (Fsp3) is 0.700. The van der Waals surface area contributed by atoms with Crippen molar-refractivity contribution in [2.45, 2.75) is 40.0 Å². The van der Waals surface area contributed by atoms with Gasteiger partial charge in [0.2, 0.25) is 0 Å². The van der Waals surface area contributed by atoms with Gasteiger partial charge in [0.25, 0.3) is 0 Å². The zero-order valence-corrected chi connectivity index (χ0v) is 11.9. The SMILES string of the molecule is CCC(=O)CC(C)(C)C[C-]=O.[CH3-].[Y]. The van der Waals surface area contributed by atoms with Crippen molar-refractivity contribution < 1.29 is 42.3 Å². The molecule has 0 fully saturated rings. The molecule has 0 aromatic heterocycles. The summed E-state index contributed by atoms with van der Waals surface area (Å²) in [5.74, 6) is 0.213. The summed E-state index contributed by atoms with van der Waals surface area (Å²) in [4.78, 5) is 21.0. The van der Waals surface area contributed by atoms with Gasteiger partial charge in [-0.25, -0.2) is 0 Å². The summed E-state index contributed by atoms with van der Waals surface area (Å²) in [5.41, 5.74) is -0.200. The molecule has 0 aliphatic rings. The first-order valence-corrected chi connectivity index (χ1v) is 3.88. The van der Waals surface area contributed by atoms with Crippen molar-refractivity contribution in [3.63, 3.8) is 0 Å². The Balaban J connectivity index is -0.000000500. The monoisotopic (exact) mass is 259 g/mol. The van der Waals surface area contributed by atoms with Gasteiger partial charge in [0.1, 0.15) is 5.78 Å². The normalized spacial score (nSPS) is 9.46. The molecule has 13 heavy (non-hydrogen) atoms. The Labute approximate surface area is 107 Å². The number of rotatable bonds is 5. The number of carbonyl (C=O) groups excluding carboxylic acids is 2. The van der Waals surface area contributed by atoms with Crippen LogP contribution in [0.3, 0.4) is 0 Å². The van der Waals surface area contributed by atoms with E-state index in [1.807, 2.05) is 27.1 Å². The largest absolute Gasteiger partial charge is 0.542 e. The van der Waals surface area contributed by atoms with E-state index < -0.39 is 0 Å². The van der Waals surface area contributed by atoms with Gasteiger partial charge in [-0.2, -0.15) is 0 Å². The van der Waals surface area contributed by atoms with Gasteiger partial charge in [0, 0.05) is 45.6 Å². The first kappa shape index (κ1) is 19.1. The van der Waals surface area contributed by atoms with Crippen LogP contribution < -0.4 is 0 Å². The third kappa shape index (κ3) is 10.4. The third-order valence-electron chi connectivity index (χ3n) is 1.62. The number of Topliss-reactive ketones (excluding diaryl/α,β-unsaturated/α-hetero) is 1. The van der Waals surface area contributed by atoms with Gasteiger partial charge in [0.05, 0.1) is 0 Å². The second-order valence-corrected chi connectivity index (χ2v) is 3.55. The second-order valence-electron chi connectivity index (χ2n) is 3.55. The van der Waals surface area contributed by atoms with E-state index in [-0.39, 0.29) is 51.3 Å². The molecule has 2 nitrogen and oxygen atoms in total. The van der Waals surface area contributed by atoms with E-state index >= 15 is 0 Å². The van der Waals surface area contributed by atoms with Crippen LogP contribution >= 0.6 is 0 Å². The zero-order valence-electron chi connectivity index (χ0n) is 9.02. The van der Waals surface area contributed by atoms with Crippen LogP contribution in [0.15, 0.2) is 0 Å². The number of ketones is 1. The molecule has 0 N–H and O–H groups in total. The average Bonchev–Trinajstić information content (AvgIpc) is 1.86. The maximum absolute atomic E-state index is 11.0. The predicted molar refractivity (Wildman–Crippen MR) is 50.4 cm³/mol. The molecule has 0 aliphatic heterocycles. The van der Waals surface area contributed by atoms with Gasteiger partial charge in [-0.15, -0.1) is 6.42 Å². The van der Waals surface area contributed by atoms with Gasteiger partial charge in [-0.1, -0.05) is 26.2 Å². The van der Waals surface area contributed by atoms with Crippen LogP contribution in [0, 0.1) is 12.8 Å². The minimum Gasteiger partial charge on any atom is -0.542 e. The molecule has 0 aromatic carbocycles. The molecule has 0 rings (SSSR count). The van der Waals surface area contributed by atoms with Gasteiger partial charge < -0.3 is 12.2 Å². The Morgan fingerprint density at radius 1 is 1.38 bits per heavy atom. The van der Waals surface area contributed by atoms with Crippen molar-refractivity contribution in [3.05, 3.63) is 7.43 Å². The van der Waals surface area contributed by atoms with Crippen molar-refractivity contribution in [1.82, 2.24) is 0 Å². The topological polar surface area (TPSA) is 34.1 Å². The summed E-state index contributed by atoms with van der Waals surface area (Å²) < 4.78 is 0. The van der Waals surface area contributed by atoms with Crippen molar-refractivity contribution in [3.8, 4) is 0 Å². The first-order valence-electron chi connectivity index (χ1n) is 3.88. The predicted octanol–water partition coefficient (Wildman–Crippen LogP) is 2.33. The Bertz CT molecular complexity index is 153. The summed E-state index contributed by atoms with van der Waals surface area (Å²) in [6, 6.07) is 0. The van der Waals surface area contributed by atoms with Crippen LogP contribution in [0.4, 0.5) is 0 Å². The standard InChI is InChI=1S/C9H15O2.CH3.Y/c1-4-8(11)7-9(2,3)5-6-10;;/h4-5,7H2,1-3H3;1H3;/q2*-1;. The first-order chi connectivity index (χ1) is 5.02. The summed E-state index contributed by atoms with van der Waals surface area (Å²) in [7, 11) is 0. The van der Waals surface area contributed by atoms with Crippen molar-refractivity contribution >= 4 is 12.1 Å². The minimum atomic E-state index is -0.200. The van der Waals surface area contributed by atoms with Gasteiger partial charge in [-0.3, -0.25) is 11.1 Å². The molecule has 0 bridgehead atoms. The van der Waals surface area contributed by atoms with Crippen LogP contribution in [0.5, 0.6) is 0 Å². The van der Waals surface area contributed by atoms with Crippen molar-refractivity contribution in [2.75, 3.05) is 0 Å². The van der Waals surface area contributed by atoms with Crippen LogP contribution in [-0.4, -0.2) is 12.1 Å². The zero-order chi connectivity index (χ0) is 8.91. The van der Waals surface area contributed by atoms with Crippen LogP contribution in [0.1, 0.15) is 40.0 Å². The number of hydrogen-bond donors (Lipinski definition) is 0. The molecule has 0 aromatic rings. The van der Waals surface area contributed by atoms with E-state index in [9.17, 15) is 9.59 Å².